The first kappa shape index (κ1) is 23.2. The molecule has 32 heavy (non-hydrogen) atoms. The molecule has 1 saturated heterocycles. The van der Waals surface area contributed by atoms with Gasteiger partial charge in [0.1, 0.15) is 17.2 Å². The fourth-order valence-electron chi connectivity index (χ4n) is 3.64. The molecule has 1 fully saturated rings. The van der Waals surface area contributed by atoms with E-state index in [2.05, 4.69) is 27.0 Å². The second kappa shape index (κ2) is 10.2. The average molecular weight is 445 g/mol. The number of methoxy groups -OCH3 is 1. The number of amides is 1. The Morgan fingerprint density at radius 3 is 3.03 bits per heavy atom. The van der Waals surface area contributed by atoms with Crippen LogP contribution in [0.1, 0.15) is 36.5 Å². The maximum absolute atomic E-state index is 13.1. The molecule has 2 aromatic heterocycles. The molecule has 1 aliphatic heterocycles. The minimum atomic E-state index is -0.439. The van der Waals surface area contributed by atoms with E-state index < -0.39 is 11.7 Å². The van der Waals surface area contributed by atoms with Crippen molar-refractivity contribution in [1.82, 2.24) is 19.9 Å². The Balaban J connectivity index is 1.92. The van der Waals surface area contributed by atoms with Gasteiger partial charge in [-0.1, -0.05) is 6.58 Å². The van der Waals surface area contributed by atoms with E-state index in [1.807, 2.05) is 4.90 Å². The molecule has 0 aromatic carbocycles. The third-order valence-electron chi connectivity index (χ3n) is 5.12. The van der Waals surface area contributed by atoms with Crippen LogP contribution >= 0.6 is 0 Å². The lowest BCUT2D eigenvalue weighted by atomic mass is 10.1. The first-order chi connectivity index (χ1) is 15.4. The summed E-state index contributed by atoms with van der Waals surface area (Å²) in [5.74, 6) is 0.0994. The summed E-state index contributed by atoms with van der Waals surface area (Å²) in [6.45, 7) is 6.41. The summed E-state index contributed by atoms with van der Waals surface area (Å²) in [6, 6.07) is 1.63. The number of hydrogen-bond donors (Lipinski definition) is 3. The zero-order valence-electron chi connectivity index (χ0n) is 18.2. The molecule has 11 heteroatoms. The van der Waals surface area contributed by atoms with Gasteiger partial charge in [0.05, 0.1) is 19.4 Å². The van der Waals surface area contributed by atoms with Gasteiger partial charge in [0.15, 0.2) is 11.5 Å². The van der Waals surface area contributed by atoms with Gasteiger partial charge in [-0.25, -0.2) is 18.9 Å². The van der Waals surface area contributed by atoms with Crippen LogP contribution in [0.4, 0.5) is 16.0 Å². The Morgan fingerprint density at radius 2 is 2.34 bits per heavy atom. The summed E-state index contributed by atoms with van der Waals surface area (Å²) in [7, 11) is 1.46. The van der Waals surface area contributed by atoms with Gasteiger partial charge in [0.25, 0.3) is 5.91 Å². The summed E-state index contributed by atoms with van der Waals surface area (Å²) in [5, 5.41) is 15.8. The number of rotatable bonds is 8. The van der Waals surface area contributed by atoms with Crippen LogP contribution < -0.4 is 16.0 Å². The predicted molar refractivity (Wildman–Crippen MR) is 120 cm³/mol. The molecule has 0 saturated carbocycles. The molecular formula is C21H28FN7O3. The van der Waals surface area contributed by atoms with Crippen molar-refractivity contribution in [2.24, 2.45) is 4.99 Å². The number of aliphatic hydroxyl groups is 1. The van der Waals surface area contributed by atoms with E-state index in [4.69, 9.17) is 15.6 Å². The van der Waals surface area contributed by atoms with E-state index in [-0.39, 0.29) is 29.9 Å². The van der Waals surface area contributed by atoms with Gasteiger partial charge < -0.3 is 25.8 Å². The van der Waals surface area contributed by atoms with Crippen LogP contribution in [0.3, 0.4) is 0 Å². The fourth-order valence-corrected chi connectivity index (χ4v) is 3.64. The quantitative estimate of drug-likeness (QED) is 0.321. The molecule has 1 atom stereocenters. The Bertz CT molecular complexity index is 1060. The van der Waals surface area contributed by atoms with E-state index in [9.17, 15) is 9.18 Å². The minimum absolute atomic E-state index is 0.0272. The molecule has 0 spiro atoms. The predicted octanol–water partition coefficient (Wildman–Crippen LogP) is 1.82. The van der Waals surface area contributed by atoms with Crippen molar-refractivity contribution >= 4 is 29.1 Å². The molecule has 0 unspecified atom stereocenters. The monoisotopic (exact) mass is 445 g/mol. The standard InChI is InChI=1S/C21H28FN7O3/c1-13(22)12-25-21(32-3)14(2)15-6-4-9-28(15)16-7-10-29-19(26-16)17(18(23)27-29)20(31)24-8-5-11-30/h7,10,12,15,30H,2,4-6,8-9,11H2,1,3H3,(H2,23,27)(H,24,31)/b13-12+,25-21?/t15-/m1/s1. The molecule has 172 valence electrons. The van der Waals surface area contributed by atoms with Gasteiger partial charge in [-0.15, -0.1) is 5.10 Å². The van der Waals surface area contributed by atoms with Crippen LogP contribution in [0.25, 0.3) is 5.65 Å². The highest BCUT2D eigenvalue weighted by molar-refractivity contribution is 6.04. The summed E-state index contributed by atoms with van der Waals surface area (Å²) in [4.78, 5) is 23.4. The number of ether oxygens (including phenoxy) is 1. The number of aliphatic hydroxyl groups excluding tert-OH is 1. The summed E-state index contributed by atoms with van der Waals surface area (Å²) in [5.41, 5.74) is 7.10. The van der Waals surface area contributed by atoms with Crippen molar-refractivity contribution in [3.8, 4) is 0 Å². The van der Waals surface area contributed by atoms with Crippen LogP contribution in [0, 0.1) is 0 Å². The van der Waals surface area contributed by atoms with Crippen LogP contribution in [0.2, 0.25) is 0 Å². The molecule has 0 aliphatic carbocycles. The van der Waals surface area contributed by atoms with Crippen molar-refractivity contribution in [2.45, 2.75) is 32.2 Å². The zero-order chi connectivity index (χ0) is 23.3. The highest BCUT2D eigenvalue weighted by Crippen LogP contribution is 2.30. The Kier molecular flexibility index (Phi) is 7.41. The molecular weight excluding hydrogens is 417 g/mol. The first-order valence-electron chi connectivity index (χ1n) is 10.3. The third-order valence-corrected chi connectivity index (χ3v) is 5.12. The lowest BCUT2D eigenvalue weighted by molar-refractivity contribution is 0.0953. The van der Waals surface area contributed by atoms with Gasteiger partial charge in [0, 0.05) is 31.5 Å². The molecule has 3 heterocycles. The number of nitrogen functional groups attached to an aromatic ring is 1. The Labute approximate surface area is 185 Å². The average Bonchev–Trinajstić information content (AvgIpc) is 3.37. The molecule has 10 nitrogen and oxygen atoms in total. The van der Waals surface area contributed by atoms with Crippen molar-refractivity contribution in [2.75, 3.05) is 37.4 Å². The highest BCUT2D eigenvalue weighted by Gasteiger charge is 2.31. The molecule has 1 aliphatic rings. The molecule has 0 radical (unpaired) electrons. The third kappa shape index (κ3) is 4.88. The topological polar surface area (TPSA) is 130 Å². The number of carbonyl (C=O) groups excluding carboxylic acids is 1. The van der Waals surface area contributed by atoms with Crippen molar-refractivity contribution in [3.05, 3.63) is 42.0 Å². The van der Waals surface area contributed by atoms with Gasteiger partial charge in [0.2, 0.25) is 5.90 Å². The van der Waals surface area contributed by atoms with Crippen molar-refractivity contribution in [3.63, 3.8) is 0 Å². The lowest BCUT2D eigenvalue weighted by Crippen LogP contribution is -2.34. The van der Waals surface area contributed by atoms with Crippen LogP contribution in [-0.4, -0.2) is 64.4 Å². The SMILES string of the molecule is C=C(C(=N/C=C(\C)F)OC)[C@H]1CCCN1c1ccn2nc(N)c(C(=O)NCCCO)c2n1. The van der Waals surface area contributed by atoms with Crippen LogP contribution in [0.15, 0.2) is 41.4 Å². The zero-order valence-corrected chi connectivity index (χ0v) is 18.2. The first-order valence-corrected chi connectivity index (χ1v) is 10.3. The number of nitrogens with one attached hydrogen (secondary N) is 1. The number of fused-ring (bicyclic) bond motifs is 1. The minimum Gasteiger partial charge on any atom is -0.481 e. The number of nitrogens with two attached hydrogens (primary N) is 1. The van der Waals surface area contributed by atoms with E-state index >= 15 is 0 Å². The van der Waals surface area contributed by atoms with Crippen LogP contribution in [0.5, 0.6) is 0 Å². The van der Waals surface area contributed by atoms with E-state index in [0.29, 0.717) is 36.5 Å². The molecule has 4 N–H and O–H groups in total. The van der Waals surface area contributed by atoms with E-state index in [1.54, 1.807) is 12.3 Å². The lowest BCUT2D eigenvalue weighted by Gasteiger charge is -2.27. The second-order valence-electron chi connectivity index (χ2n) is 7.38. The summed E-state index contributed by atoms with van der Waals surface area (Å²) < 4.78 is 19.9. The molecule has 1 amide bonds. The van der Waals surface area contributed by atoms with Gasteiger partial charge in [-0.2, -0.15) is 0 Å². The maximum atomic E-state index is 13.1. The highest BCUT2D eigenvalue weighted by atomic mass is 19.1. The smallest absolute Gasteiger partial charge is 0.258 e. The number of carbonyl (C=O) groups is 1. The number of nitrogens with zero attached hydrogens (tertiary/aromatic N) is 5. The number of aliphatic imine (C=N–C) groups is 1. The normalized spacial score (nSPS) is 17.1. The molecule has 2 aromatic rings. The van der Waals surface area contributed by atoms with Gasteiger partial charge in [-0.05, 0) is 32.3 Å². The fraction of sp³-hybridized carbons (Fsp3) is 0.429. The molecule has 3 rings (SSSR count). The summed E-state index contributed by atoms with van der Waals surface area (Å²) >= 11 is 0. The largest absolute Gasteiger partial charge is 0.481 e. The van der Waals surface area contributed by atoms with Gasteiger partial charge in [-0.3, -0.25) is 4.79 Å². The number of anilines is 2. The Morgan fingerprint density at radius 1 is 1.56 bits per heavy atom. The maximum Gasteiger partial charge on any atom is 0.258 e. The van der Waals surface area contributed by atoms with Crippen molar-refractivity contribution in [1.29, 1.82) is 0 Å². The number of hydrogen-bond acceptors (Lipinski definition) is 8. The number of halogens is 1. The van der Waals surface area contributed by atoms with E-state index in [0.717, 1.165) is 19.0 Å². The van der Waals surface area contributed by atoms with E-state index in [1.165, 1.54) is 18.5 Å². The summed E-state index contributed by atoms with van der Waals surface area (Å²) in [6.07, 6.45) is 4.90. The van der Waals surface area contributed by atoms with Crippen LogP contribution in [-0.2, 0) is 4.74 Å². The second-order valence-corrected chi connectivity index (χ2v) is 7.38. The Hall–Kier alpha value is -3.47. The number of allylic oxidation sites excluding steroid dienone is 1. The molecule has 0 bridgehead atoms. The number of aromatic nitrogens is 3. The van der Waals surface area contributed by atoms with Gasteiger partial charge >= 0.3 is 0 Å². The van der Waals surface area contributed by atoms with Crippen molar-refractivity contribution < 1.29 is 19.0 Å².